The van der Waals surface area contributed by atoms with E-state index in [-0.39, 0.29) is 11.0 Å². The maximum Gasteiger partial charge on any atom is 0.261 e. The number of nitrogens with zero attached hydrogens (tertiary/aromatic N) is 3. The van der Waals surface area contributed by atoms with E-state index in [1.165, 1.54) is 5.56 Å². The molecule has 1 aromatic heterocycles. The molecule has 5 aromatic rings. The predicted molar refractivity (Wildman–Crippen MR) is 143 cm³/mol. The number of carbonyl (C=O) groups excluding carboxylic acids is 1. The molecular weight excluding hydrogens is 458 g/mol. The molecule has 0 bridgehead atoms. The Kier molecular flexibility index (Phi) is 5.88. The lowest BCUT2D eigenvalue weighted by atomic mass is 10.1. The molecule has 1 amide bonds. The largest absolute Gasteiger partial charge is 0.496 e. The summed E-state index contributed by atoms with van der Waals surface area (Å²) in [5.41, 5.74) is 5.60. The number of hydrogen-bond acceptors (Lipinski definition) is 5. The molecule has 174 valence electrons. The van der Waals surface area contributed by atoms with Crippen LogP contribution in [0.1, 0.15) is 21.5 Å². The van der Waals surface area contributed by atoms with Gasteiger partial charge in [0.2, 0.25) is 0 Å². The molecule has 7 nitrogen and oxygen atoms in total. The van der Waals surface area contributed by atoms with Gasteiger partial charge in [-0.1, -0.05) is 42.0 Å². The smallest absolute Gasteiger partial charge is 0.261 e. The summed E-state index contributed by atoms with van der Waals surface area (Å²) in [4.78, 5) is 14.6. The van der Waals surface area contributed by atoms with Crippen LogP contribution < -0.4 is 15.4 Å². The highest BCUT2D eigenvalue weighted by molar-refractivity contribution is 7.80. The number of nitrogens with one attached hydrogen (secondary N) is 2. The average Bonchev–Trinajstić information content (AvgIpc) is 3.26. The van der Waals surface area contributed by atoms with Gasteiger partial charge < -0.3 is 10.1 Å². The molecule has 0 aliphatic heterocycles. The molecule has 0 aliphatic carbocycles. The van der Waals surface area contributed by atoms with Crippen molar-refractivity contribution in [1.29, 1.82) is 0 Å². The van der Waals surface area contributed by atoms with Crippen molar-refractivity contribution in [3.63, 3.8) is 0 Å². The quantitative estimate of drug-likeness (QED) is 0.338. The van der Waals surface area contributed by atoms with E-state index in [0.29, 0.717) is 16.8 Å². The van der Waals surface area contributed by atoms with Crippen molar-refractivity contribution >= 4 is 50.7 Å². The highest BCUT2D eigenvalue weighted by Crippen LogP contribution is 2.26. The van der Waals surface area contributed by atoms with E-state index < -0.39 is 0 Å². The van der Waals surface area contributed by atoms with Crippen LogP contribution in [0.5, 0.6) is 5.75 Å². The summed E-state index contributed by atoms with van der Waals surface area (Å²) in [5.74, 6) is 0.128. The Morgan fingerprint density at radius 1 is 0.914 bits per heavy atom. The number of rotatable bonds is 4. The Balaban J connectivity index is 1.36. The van der Waals surface area contributed by atoms with Crippen molar-refractivity contribution in [2.24, 2.45) is 0 Å². The fourth-order valence-corrected chi connectivity index (χ4v) is 4.09. The number of methoxy groups -OCH3 is 1. The highest BCUT2D eigenvalue weighted by Gasteiger charge is 2.16. The van der Waals surface area contributed by atoms with Gasteiger partial charge in [0.15, 0.2) is 5.11 Å². The summed E-state index contributed by atoms with van der Waals surface area (Å²) < 4.78 is 5.44. The lowest BCUT2D eigenvalue weighted by Gasteiger charge is -2.14. The summed E-state index contributed by atoms with van der Waals surface area (Å²) in [5, 5.41) is 17.2. The molecule has 35 heavy (non-hydrogen) atoms. The van der Waals surface area contributed by atoms with Crippen LogP contribution >= 0.6 is 12.2 Å². The molecule has 0 saturated heterocycles. The van der Waals surface area contributed by atoms with Crippen molar-refractivity contribution < 1.29 is 9.53 Å². The van der Waals surface area contributed by atoms with Gasteiger partial charge in [-0.05, 0) is 78.8 Å². The van der Waals surface area contributed by atoms with Gasteiger partial charge in [-0.3, -0.25) is 10.1 Å². The van der Waals surface area contributed by atoms with Crippen molar-refractivity contribution in [3.8, 4) is 11.4 Å². The van der Waals surface area contributed by atoms with E-state index in [4.69, 9.17) is 17.0 Å². The molecular formula is C27H23N5O2S. The monoisotopic (exact) mass is 481 g/mol. The number of aromatic nitrogens is 3. The second kappa shape index (κ2) is 9.15. The zero-order chi connectivity index (χ0) is 24.5. The predicted octanol–water partition coefficient (Wildman–Crippen LogP) is 5.33. The maximum absolute atomic E-state index is 13.0. The van der Waals surface area contributed by atoms with E-state index >= 15 is 0 Å². The number of benzene rings is 4. The number of amides is 1. The van der Waals surface area contributed by atoms with Gasteiger partial charge in [-0.2, -0.15) is 4.80 Å². The number of fused-ring (bicyclic) bond motifs is 2. The summed E-state index contributed by atoms with van der Waals surface area (Å²) in [6.07, 6.45) is 0. The Labute approximate surface area is 207 Å². The number of ether oxygens (including phenoxy) is 1. The lowest BCUT2D eigenvalue weighted by molar-refractivity contribution is 0.0975. The van der Waals surface area contributed by atoms with Gasteiger partial charge in [0.1, 0.15) is 16.8 Å². The lowest BCUT2D eigenvalue weighted by Crippen LogP contribution is -2.34. The summed E-state index contributed by atoms with van der Waals surface area (Å²) in [7, 11) is 1.54. The van der Waals surface area contributed by atoms with Crippen LogP contribution in [0.2, 0.25) is 0 Å². The molecule has 0 atom stereocenters. The van der Waals surface area contributed by atoms with E-state index in [9.17, 15) is 4.79 Å². The first-order valence-corrected chi connectivity index (χ1v) is 11.5. The zero-order valence-electron chi connectivity index (χ0n) is 19.5. The van der Waals surface area contributed by atoms with E-state index in [1.807, 2.05) is 80.6 Å². The third-order valence-corrected chi connectivity index (χ3v) is 5.98. The fraction of sp³-hybridized carbons (Fsp3) is 0.111. The minimum Gasteiger partial charge on any atom is -0.496 e. The van der Waals surface area contributed by atoms with E-state index in [1.54, 1.807) is 18.0 Å². The molecule has 0 aliphatic rings. The Morgan fingerprint density at radius 3 is 2.26 bits per heavy atom. The van der Waals surface area contributed by atoms with Crippen LogP contribution in [0.25, 0.3) is 27.5 Å². The van der Waals surface area contributed by atoms with Crippen molar-refractivity contribution in [2.75, 3.05) is 12.4 Å². The summed E-state index contributed by atoms with van der Waals surface area (Å²) >= 11 is 5.44. The second-order valence-electron chi connectivity index (χ2n) is 8.29. The van der Waals surface area contributed by atoms with Crippen LogP contribution in [0.15, 0.2) is 72.8 Å². The Morgan fingerprint density at radius 2 is 1.57 bits per heavy atom. The molecule has 0 saturated carbocycles. The minimum atomic E-state index is -0.353. The van der Waals surface area contributed by atoms with Gasteiger partial charge >= 0.3 is 0 Å². The molecule has 2 N–H and O–H groups in total. The van der Waals surface area contributed by atoms with Crippen molar-refractivity contribution in [1.82, 2.24) is 20.3 Å². The third-order valence-electron chi connectivity index (χ3n) is 5.78. The number of anilines is 1. The normalized spacial score (nSPS) is 10.9. The van der Waals surface area contributed by atoms with Crippen LogP contribution in [-0.4, -0.2) is 33.1 Å². The molecule has 1 heterocycles. The molecule has 0 fully saturated rings. The van der Waals surface area contributed by atoms with Crippen molar-refractivity contribution in [3.05, 3.63) is 89.5 Å². The first-order chi connectivity index (χ1) is 16.9. The number of hydrogen-bond donors (Lipinski definition) is 2. The molecule has 5 rings (SSSR count). The van der Waals surface area contributed by atoms with E-state index in [0.717, 1.165) is 33.2 Å². The van der Waals surface area contributed by atoms with Gasteiger partial charge in [-0.15, -0.1) is 10.2 Å². The first kappa shape index (κ1) is 22.5. The van der Waals surface area contributed by atoms with Crippen LogP contribution in [0.3, 0.4) is 0 Å². The standard InChI is InChI=1S/C27H23N5O2S/c1-16-8-10-20(11-9-16)32-30-23-12-17(2)22(15-24(23)31-32)28-27(35)29-26(33)21-13-18-6-4-5-7-19(18)14-25(21)34-3/h4-15H,1-3H3,(H2,28,29,33,35). The number of thiocarbonyl (C=S) groups is 1. The Bertz CT molecular complexity index is 1590. The summed E-state index contributed by atoms with van der Waals surface area (Å²) in [6.45, 7) is 3.99. The number of carbonyl (C=O) groups is 1. The minimum absolute atomic E-state index is 0.179. The first-order valence-electron chi connectivity index (χ1n) is 11.0. The molecule has 0 spiro atoms. The fourth-order valence-electron chi connectivity index (χ4n) is 3.89. The average molecular weight is 482 g/mol. The third kappa shape index (κ3) is 4.56. The van der Waals surface area contributed by atoms with Gasteiger partial charge in [0, 0.05) is 5.69 Å². The SMILES string of the molecule is COc1cc2ccccc2cc1C(=O)NC(=S)Nc1cc2nn(-c3ccc(C)cc3)nc2cc1C. The van der Waals surface area contributed by atoms with Crippen LogP contribution in [0, 0.1) is 13.8 Å². The topological polar surface area (TPSA) is 81.1 Å². The highest BCUT2D eigenvalue weighted by atomic mass is 32.1. The maximum atomic E-state index is 13.0. The van der Waals surface area contributed by atoms with Gasteiger partial charge in [0.05, 0.1) is 18.4 Å². The zero-order valence-corrected chi connectivity index (χ0v) is 20.3. The molecule has 0 unspecified atom stereocenters. The van der Waals surface area contributed by atoms with Gasteiger partial charge in [-0.25, -0.2) is 0 Å². The molecule has 8 heteroatoms. The van der Waals surface area contributed by atoms with Crippen molar-refractivity contribution in [2.45, 2.75) is 13.8 Å². The van der Waals surface area contributed by atoms with Gasteiger partial charge in [0.25, 0.3) is 5.91 Å². The van der Waals surface area contributed by atoms with Crippen LogP contribution in [0.4, 0.5) is 5.69 Å². The molecule has 0 radical (unpaired) electrons. The Hall–Kier alpha value is -4.30. The number of aryl methyl sites for hydroxylation is 2. The second-order valence-corrected chi connectivity index (χ2v) is 8.70. The summed E-state index contributed by atoms with van der Waals surface area (Å²) in [6, 6.07) is 23.2. The van der Waals surface area contributed by atoms with E-state index in [2.05, 4.69) is 20.8 Å². The molecule has 4 aromatic carbocycles. The van der Waals surface area contributed by atoms with Crippen LogP contribution in [-0.2, 0) is 0 Å².